The van der Waals surface area contributed by atoms with E-state index in [2.05, 4.69) is 13.8 Å². The molecule has 2 atom stereocenters. The van der Waals surface area contributed by atoms with Gasteiger partial charge in [-0.2, -0.15) is 0 Å². The first-order valence-electron chi connectivity index (χ1n) is 25.5. The lowest BCUT2D eigenvalue weighted by molar-refractivity contribution is -0.870. The van der Waals surface area contributed by atoms with E-state index < -0.39 is 13.9 Å². The normalized spacial score (nSPS) is 13.6. The summed E-state index contributed by atoms with van der Waals surface area (Å²) in [6.07, 6.45) is 50.7. The maximum atomic E-state index is 12.7. The predicted octanol–water partition coefficient (Wildman–Crippen LogP) is 15.7. The van der Waals surface area contributed by atoms with Gasteiger partial charge in [-0.1, -0.05) is 226 Å². The van der Waals surface area contributed by atoms with Gasteiger partial charge in [-0.3, -0.25) is 13.8 Å². The van der Waals surface area contributed by atoms with Crippen LogP contribution in [0.3, 0.4) is 0 Å². The Labute approximate surface area is 367 Å². The Hall–Kier alpha value is -0.920. The van der Waals surface area contributed by atoms with Crippen molar-refractivity contribution in [1.29, 1.82) is 0 Å². The largest absolute Gasteiger partial charge is 0.498 e. The molecule has 0 bridgehead atoms. The van der Waals surface area contributed by atoms with Gasteiger partial charge < -0.3 is 18.9 Å². The lowest BCUT2D eigenvalue weighted by atomic mass is 10.0. The van der Waals surface area contributed by atoms with E-state index in [0.717, 1.165) is 32.1 Å². The first kappa shape index (κ1) is 58.1. The topological polar surface area (TPSA) is 91.3 Å². The van der Waals surface area contributed by atoms with Crippen molar-refractivity contribution >= 4 is 13.8 Å². The molecule has 0 heterocycles. The van der Waals surface area contributed by atoms with Gasteiger partial charge in [0.2, 0.25) is 0 Å². The fourth-order valence-corrected chi connectivity index (χ4v) is 8.20. The highest BCUT2D eigenvalue weighted by atomic mass is 31.2. The Bertz CT molecular complexity index is 956. The average Bonchev–Trinajstić information content (AvgIpc) is 3.19. The van der Waals surface area contributed by atoms with Gasteiger partial charge in [0.1, 0.15) is 19.8 Å². The lowest BCUT2D eigenvalue weighted by Gasteiger charge is -2.24. The highest BCUT2D eigenvalue weighted by Crippen LogP contribution is 2.43. The number of unbranched alkanes of at least 4 members (excludes halogenated alkanes) is 34. The molecule has 0 fully saturated rings. The van der Waals surface area contributed by atoms with E-state index >= 15 is 0 Å². The Morgan fingerprint density at radius 2 is 0.881 bits per heavy atom. The summed E-state index contributed by atoms with van der Waals surface area (Å²) < 4.78 is 34.9. The van der Waals surface area contributed by atoms with Crippen LogP contribution in [0.5, 0.6) is 0 Å². The highest BCUT2D eigenvalue weighted by molar-refractivity contribution is 7.47. The van der Waals surface area contributed by atoms with Gasteiger partial charge in [0.05, 0.1) is 34.0 Å². The smallest absolute Gasteiger partial charge is 0.472 e. The Morgan fingerprint density at radius 1 is 0.525 bits per heavy atom. The summed E-state index contributed by atoms with van der Waals surface area (Å²) in [7, 11) is 1.65. The van der Waals surface area contributed by atoms with E-state index in [4.69, 9.17) is 18.5 Å². The molecule has 0 aliphatic carbocycles. The molecule has 0 rings (SSSR count). The minimum atomic E-state index is -4.29. The van der Waals surface area contributed by atoms with E-state index in [0.29, 0.717) is 17.4 Å². The number of carbonyl (C=O) groups is 1. The molecule has 8 nitrogen and oxygen atoms in total. The predicted molar refractivity (Wildman–Crippen MR) is 252 cm³/mol. The highest BCUT2D eigenvalue weighted by Gasteiger charge is 2.26. The zero-order valence-corrected chi connectivity index (χ0v) is 40.9. The number of allylic oxidation sites excluding steroid dienone is 1. The molecule has 0 aliphatic heterocycles. The third kappa shape index (κ3) is 48.0. The number of carbonyl (C=O) groups excluding carboxylic acids is 1. The summed E-state index contributed by atoms with van der Waals surface area (Å²) in [5, 5.41) is 0. The molecule has 0 aliphatic rings. The van der Waals surface area contributed by atoms with Gasteiger partial charge in [0, 0.05) is 6.42 Å². The average molecular weight is 859 g/mol. The van der Waals surface area contributed by atoms with Gasteiger partial charge in [-0.05, 0) is 25.3 Å². The number of ether oxygens (including phenoxy) is 2. The minimum Gasteiger partial charge on any atom is -0.498 e. The van der Waals surface area contributed by atoms with Gasteiger partial charge in [-0.15, -0.1) is 0 Å². The monoisotopic (exact) mass is 859 g/mol. The van der Waals surface area contributed by atoms with E-state index in [1.165, 1.54) is 199 Å². The maximum Gasteiger partial charge on any atom is 0.472 e. The number of esters is 1. The molecule has 0 saturated heterocycles. The third-order valence-electron chi connectivity index (χ3n) is 11.4. The second kappa shape index (κ2) is 43.7. The minimum absolute atomic E-state index is 0.0545. The number of hydrogen-bond donors (Lipinski definition) is 1. The molecular formula is C50H101NO7P+. The first-order chi connectivity index (χ1) is 28.6. The number of phosphoric acid groups is 1. The molecule has 0 amide bonds. The van der Waals surface area contributed by atoms with Gasteiger partial charge in [-0.25, -0.2) is 4.57 Å². The number of likely N-dealkylation sites (N-methyl/N-ethyl adjacent to an activating group) is 1. The molecule has 0 aromatic carbocycles. The van der Waals surface area contributed by atoms with Crippen LogP contribution < -0.4 is 0 Å². The van der Waals surface area contributed by atoms with Crippen LogP contribution in [0.15, 0.2) is 12.3 Å². The van der Waals surface area contributed by atoms with Crippen molar-refractivity contribution in [1.82, 2.24) is 0 Å². The Kier molecular flexibility index (Phi) is 43.0. The van der Waals surface area contributed by atoms with Crippen molar-refractivity contribution in [2.75, 3.05) is 47.5 Å². The summed E-state index contributed by atoms with van der Waals surface area (Å²) in [5.74, 6) is -0.329. The number of rotatable bonds is 48. The van der Waals surface area contributed by atoms with Crippen LogP contribution in [0.4, 0.5) is 0 Å². The van der Waals surface area contributed by atoms with Crippen LogP contribution in [0.2, 0.25) is 0 Å². The van der Waals surface area contributed by atoms with E-state index in [1.807, 2.05) is 27.2 Å². The summed E-state index contributed by atoms with van der Waals surface area (Å²) in [5.41, 5.74) is 0. The van der Waals surface area contributed by atoms with Crippen molar-refractivity contribution in [2.24, 2.45) is 0 Å². The standard InChI is InChI=1S/C50H100NO7P/c1-6-8-10-12-14-16-18-20-22-23-24-25-26-27-28-29-30-31-33-35-37-39-41-43-50(52)58-49(48-57-59(53,54)56-46-44-51(3,4)5)47-55-45-42-40-38-36-34-32-21-19-17-15-13-11-9-7-2/h42,45,49H,6-41,43-44,46-48H2,1-5H3/p+1/b45-42+/t49-/m1/s1. The second-order valence-corrected chi connectivity index (χ2v) is 20.1. The van der Waals surface area contributed by atoms with Crippen LogP contribution >= 0.6 is 7.82 Å². The molecule has 0 radical (unpaired) electrons. The van der Waals surface area contributed by atoms with E-state index in [-0.39, 0.29) is 25.8 Å². The summed E-state index contributed by atoms with van der Waals surface area (Å²) in [6.45, 7) is 4.98. The van der Waals surface area contributed by atoms with E-state index in [9.17, 15) is 14.3 Å². The zero-order valence-electron chi connectivity index (χ0n) is 40.0. The molecule has 9 heteroatoms. The number of nitrogens with zero attached hydrogens (tertiary/aromatic N) is 1. The van der Waals surface area contributed by atoms with Crippen molar-refractivity contribution in [3.05, 3.63) is 12.3 Å². The van der Waals surface area contributed by atoms with Crippen molar-refractivity contribution in [3.63, 3.8) is 0 Å². The number of quaternary nitrogens is 1. The lowest BCUT2D eigenvalue weighted by Crippen LogP contribution is -2.37. The maximum absolute atomic E-state index is 12.7. The third-order valence-corrected chi connectivity index (χ3v) is 12.4. The van der Waals surface area contributed by atoms with E-state index in [1.54, 1.807) is 6.26 Å². The molecule has 0 aromatic rings. The fourth-order valence-electron chi connectivity index (χ4n) is 7.46. The molecule has 0 saturated carbocycles. The molecule has 1 N–H and O–H groups in total. The van der Waals surface area contributed by atoms with Crippen LogP contribution in [-0.2, 0) is 27.9 Å². The Morgan fingerprint density at radius 3 is 1.25 bits per heavy atom. The zero-order chi connectivity index (χ0) is 43.4. The molecule has 0 aromatic heterocycles. The molecule has 352 valence electrons. The van der Waals surface area contributed by atoms with Gasteiger partial charge in [0.15, 0.2) is 6.10 Å². The van der Waals surface area contributed by atoms with Crippen molar-refractivity contribution < 1.29 is 37.3 Å². The van der Waals surface area contributed by atoms with Crippen LogP contribution in [-0.4, -0.2) is 69.0 Å². The quantitative estimate of drug-likeness (QED) is 0.0214. The fraction of sp³-hybridized carbons (Fsp3) is 0.940. The van der Waals surface area contributed by atoms with Gasteiger partial charge >= 0.3 is 13.8 Å². The molecule has 0 spiro atoms. The SMILES string of the molecule is CCCCCCCCCCCCCC/C=C/OC[C@H](COP(=O)(O)OCC[N+](C)(C)C)OC(=O)CCCCCCCCCCCCCCCCCCCCCCCCC. The second-order valence-electron chi connectivity index (χ2n) is 18.6. The molecule has 59 heavy (non-hydrogen) atoms. The first-order valence-corrected chi connectivity index (χ1v) is 27.0. The van der Waals surface area contributed by atoms with Crippen molar-refractivity contribution in [3.8, 4) is 0 Å². The van der Waals surface area contributed by atoms with Crippen LogP contribution in [0.1, 0.15) is 251 Å². The van der Waals surface area contributed by atoms with Crippen LogP contribution in [0, 0.1) is 0 Å². The summed E-state index contributed by atoms with van der Waals surface area (Å²) >= 11 is 0. The summed E-state index contributed by atoms with van der Waals surface area (Å²) in [6, 6.07) is 0. The number of hydrogen-bond acceptors (Lipinski definition) is 6. The molecule has 1 unspecified atom stereocenters. The summed E-state index contributed by atoms with van der Waals surface area (Å²) in [4.78, 5) is 22.9. The number of phosphoric ester groups is 1. The van der Waals surface area contributed by atoms with Crippen molar-refractivity contribution in [2.45, 2.75) is 258 Å². The Balaban J connectivity index is 4.09. The van der Waals surface area contributed by atoms with Gasteiger partial charge in [0.25, 0.3) is 0 Å². The van der Waals surface area contributed by atoms with Crippen LogP contribution in [0.25, 0.3) is 0 Å². The molecular weight excluding hydrogens is 758 g/mol.